The Morgan fingerprint density at radius 2 is 1.86 bits per heavy atom. The summed E-state index contributed by atoms with van der Waals surface area (Å²) in [6.45, 7) is 2.39. The van der Waals surface area contributed by atoms with Gasteiger partial charge in [0.25, 0.3) is 0 Å². The Labute approximate surface area is 169 Å². The van der Waals surface area contributed by atoms with E-state index in [0.29, 0.717) is 12.5 Å². The second kappa shape index (κ2) is 9.97. The smallest absolute Gasteiger partial charge is 0.357 e. The summed E-state index contributed by atoms with van der Waals surface area (Å²) in [5.41, 5.74) is -1.02. The maximum Gasteiger partial charge on any atom is 0.434 e. The summed E-state index contributed by atoms with van der Waals surface area (Å²) in [6, 6.07) is 3.05. The third-order valence-electron chi connectivity index (χ3n) is 3.98. The topological polar surface area (TPSA) is 52.6 Å². The zero-order chi connectivity index (χ0) is 21.6. The Morgan fingerprint density at radius 3 is 2.38 bits per heavy atom. The van der Waals surface area contributed by atoms with E-state index in [-0.39, 0.29) is 23.7 Å². The van der Waals surface area contributed by atoms with Crippen molar-refractivity contribution in [2.45, 2.75) is 25.7 Å². The van der Waals surface area contributed by atoms with Gasteiger partial charge in [0.05, 0.1) is 12.6 Å². The van der Waals surface area contributed by atoms with E-state index >= 15 is 0 Å². The number of aromatic nitrogens is 1. The van der Waals surface area contributed by atoms with Crippen LogP contribution < -0.4 is 10.6 Å². The summed E-state index contributed by atoms with van der Waals surface area (Å²) in [4.78, 5) is 9.41. The number of guanidine groups is 1. The van der Waals surface area contributed by atoms with Gasteiger partial charge in [0.15, 0.2) is 11.7 Å². The SMILES string of the molecule is CCNC(=NCc1nc(C(F)(F)F)cs1)NCC(c1c(F)cccc1F)N(C)C. The molecule has 0 amide bonds. The minimum Gasteiger partial charge on any atom is -0.357 e. The van der Waals surface area contributed by atoms with E-state index in [1.807, 2.05) is 6.92 Å². The van der Waals surface area contributed by atoms with E-state index in [0.717, 1.165) is 16.7 Å². The summed E-state index contributed by atoms with van der Waals surface area (Å²) < 4.78 is 66.3. The fraction of sp³-hybridized carbons (Fsp3) is 0.444. The number of alkyl halides is 3. The number of nitrogens with zero attached hydrogens (tertiary/aromatic N) is 3. The highest BCUT2D eigenvalue weighted by Gasteiger charge is 2.33. The van der Waals surface area contributed by atoms with Crippen LogP contribution in [0.15, 0.2) is 28.6 Å². The van der Waals surface area contributed by atoms with Gasteiger partial charge in [-0.3, -0.25) is 0 Å². The summed E-state index contributed by atoms with van der Waals surface area (Å²) in [7, 11) is 3.38. The molecule has 1 aromatic heterocycles. The second-order valence-corrected chi connectivity index (χ2v) is 7.26. The maximum absolute atomic E-state index is 14.2. The summed E-state index contributed by atoms with van der Waals surface area (Å²) in [6.07, 6.45) is -4.50. The average molecular weight is 435 g/mol. The lowest BCUT2D eigenvalue weighted by Gasteiger charge is -2.26. The Morgan fingerprint density at radius 1 is 1.21 bits per heavy atom. The fourth-order valence-corrected chi connectivity index (χ4v) is 3.29. The quantitative estimate of drug-likeness (QED) is 0.395. The molecular weight excluding hydrogens is 413 g/mol. The maximum atomic E-state index is 14.2. The molecule has 29 heavy (non-hydrogen) atoms. The van der Waals surface area contributed by atoms with Crippen LogP contribution in [-0.2, 0) is 12.7 Å². The number of thiazole rings is 1. The Bertz CT molecular complexity index is 814. The first-order chi connectivity index (χ1) is 13.6. The number of benzene rings is 1. The molecule has 1 heterocycles. The highest BCUT2D eigenvalue weighted by Crippen LogP contribution is 2.30. The standard InChI is InChI=1S/C18H22F5N5S/c1-4-24-17(26-9-15-27-14(10-29-15)18(21,22)23)25-8-13(28(2)3)16-11(19)6-5-7-12(16)20/h5-7,10,13H,4,8-9H2,1-3H3,(H2,24,25,26). The first kappa shape index (κ1) is 23.0. The van der Waals surface area contributed by atoms with Crippen molar-refractivity contribution in [3.05, 3.63) is 51.5 Å². The van der Waals surface area contributed by atoms with Gasteiger partial charge in [-0.15, -0.1) is 11.3 Å². The van der Waals surface area contributed by atoms with Gasteiger partial charge in [0, 0.05) is 24.0 Å². The van der Waals surface area contributed by atoms with E-state index in [1.54, 1.807) is 19.0 Å². The zero-order valence-electron chi connectivity index (χ0n) is 16.1. The predicted octanol–water partition coefficient (Wildman–Crippen LogP) is 3.80. The van der Waals surface area contributed by atoms with Crippen molar-refractivity contribution in [1.82, 2.24) is 20.5 Å². The Balaban J connectivity index is 2.12. The lowest BCUT2D eigenvalue weighted by molar-refractivity contribution is -0.140. The number of aliphatic imine (C=N–C) groups is 1. The van der Waals surface area contributed by atoms with Crippen molar-refractivity contribution in [1.29, 1.82) is 0 Å². The van der Waals surface area contributed by atoms with Gasteiger partial charge >= 0.3 is 6.18 Å². The molecule has 1 unspecified atom stereocenters. The molecule has 5 nitrogen and oxygen atoms in total. The molecule has 2 N–H and O–H groups in total. The second-order valence-electron chi connectivity index (χ2n) is 6.32. The lowest BCUT2D eigenvalue weighted by atomic mass is 10.0. The number of hydrogen-bond acceptors (Lipinski definition) is 4. The number of hydrogen-bond donors (Lipinski definition) is 2. The summed E-state index contributed by atoms with van der Waals surface area (Å²) >= 11 is 0.865. The van der Waals surface area contributed by atoms with Crippen LogP contribution >= 0.6 is 11.3 Å². The lowest BCUT2D eigenvalue weighted by Crippen LogP contribution is -2.42. The molecule has 0 spiro atoms. The van der Waals surface area contributed by atoms with Crippen LogP contribution in [0.25, 0.3) is 0 Å². The number of likely N-dealkylation sites (N-methyl/N-ethyl adjacent to an activating group) is 1. The van der Waals surface area contributed by atoms with Crippen molar-refractivity contribution in [2.24, 2.45) is 4.99 Å². The molecule has 0 saturated heterocycles. The Hall–Kier alpha value is -2.27. The van der Waals surface area contributed by atoms with Crippen molar-refractivity contribution in [2.75, 3.05) is 27.2 Å². The van der Waals surface area contributed by atoms with Gasteiger partial charge in [-0.1, -0.05) is 6.07 Å². The van der Waals surface area contributed by atoms with Crippen molar-refractivity contribution in [3.63, 3.8) is 0 Å². The third-order valence-corrected chi connectivity index (χ3v) is 4.81. The summed E-state index contributed by atoms with van der Waals surface area (Å²) in [5, 5.41) is 7.08. The van der Waals surface area contributed by atoms with Crippen LogP contribution in [0.2, 0.25) is 0 Å². The van der Waals surface area contributed by atoms with Crippen molar-refractivity contribution < 1.29 is 22.0 Å². The molecule has 1 aromatic carbocycles. The van der Waals surface area contributed by atoms with E-state index in [9.17, 15) is 22.0 Å². The molecule has 0 aliphatic rings. The van der Waals surface area contributed by atoms with Crippen LogP contribution in [-0.4, -0.2) is 43.0 Å². The van der Waals surface area contributed by atoms with Gasteiger partial charge in [0.1, 0.15) is 16.6 Å². The van der Waals surface area contributed by atoms with Crippen LogP contribution in [0.5, 0.6) is 0 Å². The normalized spacial score (nSPS) is 13.6. The third kappa shape index (κ3) is 6.36. The predicted molar refractivity (Wildman–Crippen MR) is 103 cm³/mol. The molecule has 2 rings (SSSR count). The minimum atomic E-state index is -4.50. The number of rotatable bonds is 7. The van der Waals surface area contributed by atoms with Crippen LogP contribution in [0.4, 0.5) is 22.0 Å². The van der Waals surface area contributed by atoms with E-state index in [1.165, 1.54) is 18.2 Å². The Kier molecular flexibility index (Phi) is 7.91. The monoisotopic (exact) mass is 435 g/mol. The van der Waals surface area contributed by atoms with Crippen LogP contribution in [0, 0.1) is 11.6 Å². The molecule has 2 aromatic rings. The highest BCUT2D eigenvalue weighted by molar-refractivity contribution is 7.09. The van der Waals surface area contributed by atoms with Gasteiger partial charge < -0.3 is 15.5 Å². The van der Waals surface area contributed by atoms with E-state index < -0.39 is 29.5 Å². The molecule has 0 aliphatic carbocycles. The van der Waals surface area contributed by atoms with Gasteiger partial charge in [0.2, 0.25) is 0 Å². The molecule has 0 saturated carbocycles. The van der Waals surface area contributed by atoms with Crippen molar-refractivity contribution >= 4 is 17.3 Å². The van der Waals surface area contributed by atoms with E-state index in [4.69, 9.17) is 0 Å². The molecule has 0 bridgehead atoms. The largest absolute Gasteiger partial charge is 0.434 e. The van der Waals surface area contributed by atoms with Gasteiger partial charge in [-0.25, -0.2) is 18.8 Å². The van der Waals surface area contributed by atoms with Crippen LogP contribution in [0.3, 0.4) is 0 Å². The van der Waals surface area contributed by atoms with Gasteiger partial charge in [-0.05, 0) is 33.2 Å². The first-order valence-corrected chi connectivity index (χ1v) is 9.65. The van der Waals surface area contributed by atoms with Crippen LogP contribution in [0.1, 0.15) is 29.2 Å². The fourth-order valence-electron chi connectivity index (χ4n) is 2.57. The summed E-state index contributed by atoms with van der Waals surface area (Å²) in [5.74, 6) is -1.01. The number of halogens is 5. The molecule has 0 fully saturated rings. The minimum absolute atomic E-state index is 0.0588. The van der Waals surface area contributed by atoms with E-state index in [2.05, 4.69) is 20.6 Å². The number of nitrogens with one attached hydrogen (secondary N) is 2. The first-order valence-electron chi connectivity index (χ1n) is 8.77. The highest BCUT2D eigenvalue weighted by atomic mass is 32.1. The zero-order valence-corrected chi connectivity index (χ0v) is 17.0. The molecule has 160 valence electrons. The average Bonchev–Trinajstić information content (AvgIpc) is 3.11. The molecule has 0 radical (unpaired) electrons. The molecular formula is C18H22F5N5S. The molecule has 0 aliphatic heterocycles. The molecule has 1 atom stereocenters. The molecule has 11 heteroatoms. The van der Waals surface area contributed by atoms with Gasteiger partial charge in [-0.2, -0.15) is 13.2 Å². The van der Waals surface area contributed by atoms with Crippen molar-refractivity contribution in [3.8, 4) is 0 Å².